The smallest absolute Gasteiger partial charge is 0.164 e. The number of hydrogen-bond acceptors (Lipinski definition) is 3. The van der Waals surface area contributed by atoms with E-state index in [0.717, 1.165) is 44.6 Å². The summed E-state index contributed by atoms with van der Waals surface area (Å²) in [6.07, 6.45) is 0. The fourth-order valence-electron chi connectivity index (χ4n) is 18.2. The van der Waals surface area contributed by atoms with Crippen LogP contribution < -0.4 is 0 Å². The first kappa shape index (κ1) is 57.2. The van der Waals surface area contributed by atoms with Crippen molar-refractivity contribution in [3.05, 3.63) is 373 Å². The first-order valence-corrected chi connectivity index (χ1v) is 35.1. The highest BCUT2D eigenvalue weighted by molar-refractivity contribution is 6.35. The fraction of sp³-hybridized carbons (Fsp3) is 0.0412. The molecule has 1 spiro atoms. The van der Waals surface area contributed by atoms with Gasteiger partial charge in [0.15, 0.2) is 17.5 Å². The van der Waals surface area contributed by atoms with Gasteiger partial charge in [-0.05, 0) is 180 Å². The molecule has 0 fully saturated rings. The number of benzene rings is 16. The molecule has 4 heteroatoms. The average Bonchev–Trinajstić information content (AvgIpc) is 1.54. The van der Waals surface area contributed by atoms with Gasteiger partial charge in [-0.25, -0.2) is 15.0 Å². The summed E-state index contributed by atoms with van der Waals surface area (Å²) in [7, 11) is 0. The second-order valence-corrected chi connectivity index (χ2v) is 27.9. The third-order valence-electron chi connectivity index (χ3n) is 22.4. The van der Waals surface area contributed by atoms with Crippen molar-refractivity contribution >= 4 is 54.1 Å². The van der Waals surface area contributed by atoms with Crippen LogP contribution in [0, 0.1) is 0 Å². The van der Waals surface area contributed by atoms with Crippen LogP contribution in [0.3, 0.4) is 0 Å². The number of para-hydroxylation sites is 1. The third kappa shape index (κ3) is 8.16. The quantitative estimate of drug-likeness (QED) is 0.142. The zero-order valence-corrected chi connectivity index (χ0v) is 55.6. The number of hydrogen-bond donors (Lipinski definition) is 0. The van der Waals surface area contributed by atoms with Crippen molar-refractivity contribution in [3.8, 4) is 118 Å². The average molecular weight is 1280 g/mol. The van der Waals surface area contributed by atoms with E-state index in [1.165, 1.54) is 143 Å². The first-order valence-electron chi connectivity index (χ1n) is 35.1. The predicted molar refractivity (Wildman–Crippen MR) is 419 cm³/mol. The zero-order valence-electron chi connectivity index (χ0n) is 55.6. The first-order chi connectivity index (χ1) is 49.9. The molecule has 0 unspecified atom stereocenters. The molecule has 21 rings (SSSR count). The molecule has 16 aromatic carbocycles. The Balaban J connectivity index is 0.811. The predicted octanol–water partition coefficient (Wildman–Crippen LogP) is 24.7. The SMILES string of the molecule is CC1(C)c2cc(-c3nc(-c4ccccc4)nc(-c4ccccc4)n3)ccc2-c2ccc(-c3c(-c4ccc(-n5c6ccccc6c6c7c(ccc65)-c5ccccc5C75c6ccccc6-c6ccccc65)cc4)c(-c4ccccc4)c4c5ccccc5c5ccccc5c4c3-c3ccccc3)cc21. The summed E-state index contributed by atoms with van der Waals surface area (Å²) in [6.45, 7) is 4.79. The van der Waals surface area contributed by atoms with Gasteiger partial charge >= 0.3 is 0 Å². The van der Waals surface area contributed by atoms with Crippen LogP contribution in [0.15, 0.2) is 340 Å². The van der Waals surface area contributed by atoms with E-state index in [0.29, 0.717) is 17.5 Å². The summed E-state index contributed by atoms with van der Waals surface area (Å²) < 4.78 is 2.53. The summed E-state index contributed by atoms with van der Waals surface area (Å²) in [5, 5.41) is 9.90. The summed E-state index contributed by atoms with van der Waals surface area (Å²) in [4.78, 5) is 15.5. The van der Waals surface area contributed by atoms with E-state index in [4.69, 9.17) is 15.0 Å². The highest BCUT2D eigenvalue weighted by Gasteiger charge is 2.53. The van der Waals surface area contributed by atoms with Crippen molar-refractivity contribution in [1.82, 2.24) is 19.5 Å². The van der Waals surface area contributed by atoms with Gasteiger partial charge in [0.25, 0.3) is 0 Å². The van der Waals surface area contributed by atoms with E-state index < -0.39 is 10.8 Å². The van der Waals surface area contributed by atoms with Crippen molar-refractivity contribution in [2.75, 3.05) is 0 Å². The molecule has 470 valence electrons. The van der Waals surface area contributed by atoms with Crippen LogP contribution in [0.2, 0.25) is 0 Å². The van der Waals surface area contributed by atoms with Gasteiger partial charge in [-0.15, -0.1) is 0 Å². The van der Waals surface area contributed by atoms with Crippen LogP contribution in [-0.2, 0) is 10.8 Å². The third-order valence-corrected chi connectivity index (χ3v) is 22.4. The minimum Gasteiger partial charge on any atom is -0.309 e. The molecule has 101 heavy (non-hydrogen) atoms. The summed E-state index contributed by atoms with van der Waals surface area (Å²) >= 11 is 0. The molecular weight excluding hydrogens is 1220 g/mol. The minimum absolute atomic E-state index is 0.430. The molecular formula is C97H62N4. The molecule has 3 aliphatic carbocycles. The van der Waals surface area contributed by atoms with E-state index in [-0.39, 0.29) is 0 Å². The van der Waals surface area contributed by atoms with Gasteiger partial charge in [0.2, 0.25) is 0 Å². The lowest BCUT2D eigenvalue weighted by Gasteiger charge is -2.31. The Labute approximate surface area is 585 Å². The number of nitrogens with zero attached hydrogens (tertiary/aromatic N) is 4. The molecule has 18 aromatic rings. The van der Waals surface area contributed by atoms with Gasteiger partial charge in [-0.3, -0.25) is 0 Å². The van der Waals surface area contributed by atoms with Crippen LogP contribution in [0.1, 0.15) is 47.2 Å². The maximum atomic E-state index is 5.22. The van der Waals surface area contributed by atoms with Crippen molar-refractivity contribution in [1.29, 1.82) is 0 Å². The topological polar surface area (TPSA) is 43.6 Å². The van der Waals surface area contributed by atoms with Crippen LogP contribution in [0.5, 0.6) is 0 Å². The minimum atomic E-state index is -0.516. The molecule has 0 saturated heterocycles. The molecule has 0 N–H and O–H groups in total. The van der Waals surface area contributed by atoms with E-state index in [1.807, 2.05) is 36.4 Å². The van der Waals surface area contributed by atoms with Gasteiger partial charge in [0.05, 0.1) is 16.4 Å². The van der Waals surface area contributed by atoms with Gasteiger partial charge in [-0.2, -0.15) is 0 Å². The molecule has 2 heterocycles. The van der Waals surface area contributed by atoms with Crippen LogP contribution in [0.25, 0.3) is 172 Å². The molecule has 0 bridgehead atoms. The van der Waals surface area contributed by atoms with Crippen molar-refractivity contribution in [2.24, 2.45) is 0 Å². The van der Waals surface area contributed by atoms with E-state index in [2.05, 4.69) is 322 Å². The highest BCUT2D eigenvalue weighted by atomic mass is 15.0. The Morgan fingerprint density at radius 3 is 1.11 bits per heavy atom. The van der Waals surface area contributed by atoms with Gasteiger partial charge in [0.1, 0.15) is 0 Å². The molecule has 3 aliphatic rings. The van der Waals surface area contributed by atoms with Crippen LogP contribution in [-0.4, -0.2) is 19.5 Å². The molecule has 4 nitrogen and oxygen atoms in total. The summed E-state index contributed by atoms with van der Waals surface area (Å²) in [5.41, 5.74) is 30.2. The highest BCUT2D eigenvalue weighted by Crippen LogP contribution is 2.65. The molecule has 0 saturated carbocycles. The monoisotopic (exact) mass is 1280 g/mol. The Morgan fingerprint density at radius 1 is 0.238 bits per heavy atom. The second-order valence-electron chi connectivity index (χ2n) is 27.9. The maximum absolute atomic E-state index is 5.22. The Morgan fingerprint density at radius 2 is 0.594 bits per heavy atom. The van der Waals surface area contributed by atoms with Gasteiger partial charge in [0, 0.05) is 38.6 Å². The number of fused-ring (bicyclic) bond motifs is 23. The van der Waals surface area contributed by atoms with Crippen molar-refractivity contribution < 1.29 is 0 Å². The standard InChI is InChI=1S/C97H62N4/c1-96(2)81-57-64(49-53-72(81)73-54-50-65(58-82(73)96)95-99-93(62-31-11-5-12-32-62)98-94(100-95)63-33-13-6-14-34-63)88-85(86(59-27-7-3-8-28-59)90-74-40-17-15-35-67(74)68-36-16-18-41-75(68)91(90)87(88)60-29-9-4-10-30-60)61-47-51-66(52-48-61)101-83-46-26-22-42-77(83)89-84(101)56-55-76-71-39-21-25-45-80(71)97(92(76)89)78-43-23-19-37-69(78)70-38-20-24-44-79(70)97/h3-58H,1-2H3. The number of aromatic nitrogens is 4. The van der Waals surface area contributed by atoms with Crippen LogP contribution >= 0.6 is 0 Å². The molecule has 0 atom stereocenters. The zero-order chi connectivity index (χ0) is 66.7. The van der Waals surface area contributed by atoms with E-state index in [1.54, 1.807) is 0 Å². The van der Waals surface area contributed by atoms with E-state index in [9.17, 15) is 0 Å². The fourth-order valence-corrected chi connectivity index (χ4v) is 18.2. The maximum Gasteiger partial charge on any atom is 0.164 e. The van der Waals surface area contributed by atoms with E-state index >= 15 is 0 Å². The Hall–Kier alpha value is -12.9. The Bertz CT molecular complexity index is 6380. The molecule has 0 amide bonds. The lowest BCUT2D eigenvalue weighted by atomic mass is 9.69. The normalized spacial score (nSPS) is 13.4. The number of rotatable bonds is 8. The molecule has 2 aromatic heterocycles. The summed E-state index contributed by atoms with van der Waals surface area (Å²) in [6, 6.07) is 126. The lowest BCUT2D eigenvalue weighted by Crippen LogP contribution is -2.26. The summed E-state index contributed by atoms with van der Waals surface area (Å²) in [5.74, 6) is 1.93. The van der Waals surface area contributed by atoms with Crippen molar-refractivity contribution in [2.45, 2.75) is 24.7 Å². The van der Waals surface area contributed by atoms with Gasteiger partial charge < -0.3 is 4.57 Å². The second kappa shape index (κ2) is 21.8. The lowest BCUT2D eigenvalue weighted by molar-refractivity contribution is 0.661. The molecule has 0 radical (unpaired) electrons. The molecule has 0 aliphatic heterocycles. The van der Waals surface area contributed by atoms with Crippen molar-refractivity contribution in [3.63, 3.8) is 0 Å². The largest absolute Gasteiger partial charge is 0.309 e. The van der Waals surface area contributed by atoms with Gasteiger partial charge in [-0.1, -0.05) is 317 Å². The Kier molecular flexibility index (Phi) is 12.4. The van der Waals surface area contributed by atoms with Crippen LogP contribution in [0.4, 0.5) is 0 Å².